The van der Waals surface area contributed by atoms with Gasteiger partial charge in [-0.15, -0.1) is 0 Å². The van der Waals surface area contributed by atoms with Crippen LogP contribution in [0.4, 0.5) is 0 Å². The van der Waals surface area contributed by atoms with Crippen LogP contribution in [0.3, 0.4) is 0 Å². The first-order valence-electron chi connectivity index (χ1n) is 9.21. The molecule has 1 heterocycles. The average Bonchev–Trinajstić information content (AvgIpc) is 3.12. The number of rotatable bonds is 10. The minimum atomic E-state index is 0.384. The fourth-order valence-electron chi connectivity index (χ4n) is 2.95. The van der Waals surface area contributed by atoms with Crippen molar-refractivity contribution in [2.24, 2.45) is 0 Å². The monoisotopic (exact) mass is 350 g/mol. The lowest BCUT2D eigenvalue weighted by Gasteiger charge is -2.11. The van der Waals surface area contributed by atoms with Crippen LogP contribution < -0.4 is 0 Å². The summed E-state index contributed by atoms with van der Waals surface area (Å²) in [5.41, 5.74) is 4.54. The molecule has 1 aromatic heterocycles. The molecule has 0 unspecified atom stereocenters. The van der Waals surface area contributed by atoms with Gasteiger partial charge < -0.3 is 14.0 Å². The van der Waals surface area contributed by atoms with Gasteiger partial charge in [-0.05, 0) is 19.8 Å². The first kappa shape index (κ1) is 18.4. The third-order valence-electron chi connectivity index (χ3n) is 4.24. The van der Waals surface area contributed by atoms with Gasteiger partial charge in [-0.1, -0.05) is 60.7 Å². The molecule has 0 radical (unpaired) electrons. The Bertz CT molecular complexity index is 769. The van der Waals surface area contributed by atoms with Crippen molar-refractivity contribution < 1.29 is 9.47 Å². The summed E-state index contributed by atoms with van der Waals surface area (Å²) in [7, 11) is 0. The largest absolute Gasteiger partial charge is 0.356 e. The zero-order valence-electron chi connectivity index (χ0n) is 15.3. The molecule has 136 valence electrons. The van der Waals surface area contributed by atoms with E-state index < -0.39 is 0 Å². The number of aryl methyl sites for hydroxylation is 1. The maximum Gasteiger partial charge on any atom is 0.146 e. The predicted molar refractivity (Wildman–Crippen MR) is 105 cm³/mol. The highest BCUT2D eigenvalue weighted by molar-refractivity contribution is 5.78. The number of nitrogens with zero attached hydrogens (tertiary/aromatic N) is 2. The van der Waals surface area contributed by atoms with E-state index in [4.69, 9.17) is 14.5 Å². The van der Waals surface area contributed by atoms with E-state index in [-0.39, 0.29) is 0 Å². The number of hydrogen-bond donors (Lipinski definition) is 0. The van der Waals surface area contributed by atoms with Gasteiger partial charge in [0, 0.05) is 30.9 Å². The van der Waals surface area contributed by atoms with Crippen molar-refractivity contribution in [2.75, 3.05) is 20.0 Å². The Morgan fingerprint density at radius 1 is 0.846 bits per heavy atom. The Morgan fingerprint density at radius 2 is 1.54 bits per heavy atom. The second-order valence-electron chi connectivity index (χ2n) is 6.09. The average molecular weight is 350 g/mol. The van der Waals surface area contributed by atoms with Crippen LogP contribution in [0.15, 0.2) is 67.0 Å². The van der Waals surface area contributed by atoms with E-state index in [1.807, 2.05) is 25.4 Å². The summed E-state index contributed by atoms with van der Waals surface area (Å²) in [6, 6.07) is 20.8. The molecule has 0 N–H and O–H groups in total. The minimum Gasteiger partial charge on any atom is -0.356 e. The van der Waals surface area contributed by atoms with Crippen LogP contribution in [-0.4, -0.2) is 29.6 Å². The molecule has 0 aliphatic rings. The molecule has 0 aliphatic heterocycles. The fourth-order valence-corrected chi connectivity index (χ4v) is 2.95. The molecular weight excluding hydrogens is 324 g/mol. The molecule has 26 heavy (non-hydrogen) atoms. The summed E-state index contributed by atoms with van der Waals surface area (Å²) >= 11 is 0. The maximum absolute atomic E-state index is 5.45. The van der Waals surface area contributed by atoms with Crippen LogP contribution in [-0.2, 0) is 16.0 Å². The zero-order chi connectivity index (χ0) is 18.0. The van der Waals surface area contributed by atoms with E-state index in [9.17, 15) is 0 Å². The van der Waals surface area contributed by atoms with E-state index in [1.54, 1.807) is 0 Å². The van der Waals surface area contributed by atoms with Gasteiger partial charge in [-0.2, -0.15) is 0 Å². The molecule has 4 nitrogen and oxygen atoms in total. The SMILES string of the molecule is CCOCOCCCCn1cnc(-c2ccccc2)c1-c1ccccc1. The molecule has 0 atom stereocenters. The van der Waals surface area contributed by atoms with Crippen molar-refractivity contribution >= 4 is 0 Å². The van der Waals surface area contributed by atoms with Gasteiger partial charge in [-0.3, -0.25) is 0 Å². The van der Waals surface area contributed by atoms with Gasteiger partial charge in [0.1, 0.15) is 6.79 Å². The van der Waals surface area contributed by atoms with Gasteiger partial charge in [0.05, 0.1) is 17.7 Å². The third kappa shape index (κ3) is 4.81. The highest BCUT2D eigenvalue weighted by atomic mass is 16.7. The smallest absolute Gasteiger partial charge is 0.146 e. The molecule has 3 aromatic rings. The van der Waals surface area contributed by atoms with E-state index in [2.05, 4.69) is 53.1 Å². The predicted octanol–water partition coefficient (Wildman–Crippen LogP) is 5.01. The lowest BCUT2D eigenvalue weighted by Crippen LogP contribution is -2.04. The highest BCUT2D eigenvalue weighted by Gasteiger charge is 2.14. The number of imidazole rings is 1. The Morgan fingerprint density at radius 3 is 2.23 bits per heavy atom. The molecule has 0 spiro atoms. The van der Waals surface area contributed by atoms with Gasteiger partial charge in [0.2, 0.25) is 0 Å². The normalized spacial score (nSPS) is 11.0. The van der Waals surface area contributed by atoms with Gasteiger partial charge in [-0.25, -0.2) is 4.98 Å². The highest BCUT2D eigenvalue weighted by Crippen LogP contribution is 2.31. The van der Waals surface area contributed by atoms with Crippen molar-refractivity contribution in [2.45, 2.75) is 26.3 Å². The van der Waals surface area contributed by atoms with Crippen LogP contribution in [0.2, 0.25) is 0 Å². The maximum atomic E-state index is 5.45. The number of unbranched alkanes of at least 4 members (excludes halogenated alkanes) is 1. The molecule has 2 aromatic carbocycles. The zero-order valence-corrected chi connectivity index (χ0v) is 15.3. The summed E-state index contributed by atoms with van der Waals surface area (Å²) in [4.78, 5) is 4.71. The van der Waals surface area contributed by atoms with Crippen molar-refractivity contribution in [3.63, 3.8) is 0 Å². The lowest BCUT2D eigenvalue weighted by molar-refractivity contribution is -0.0502. The van der Waals surface area contributed by atoms with Gasteiger partial charge in [0.25, 0.3) is 0 Å². The molecule has 0 saturated heterocycles. The van der Waals surface area contributed by atoms with Crippen molar-refractivity contribution in [1.82, 2.24) is 9.55 Å². The van der Waals surface area contributed by atoms with Crippen LogP contribution in [0, 0.1) is 0 Å². The first-order valence-corrected chi connectivity index (χ1v) is 9.21. The van der Waals surface area contributed by atoms with E-state index >= 15 is 0 Å². The van der Waals surface area contributed by atoms with E-state index in [0.717, 1.165) is 37.3 Å². The molecule has 0 saturated carbocycles. The Kier molecular flexibility index (Phi) is 6.99. The summed E-state index contributed by atoms with van der Waals surface area (Å²) in [6.07, 6.45) is 3.99. The first-order chi connectivity index (χ1) is 12.9. The summed E-state index contributed by atoms with van der Waals surface area (Å²) < 4.78 is 12.9. The third-order valence-corrected chi connectivity index (χ3v) is 4.24. The Balaban J connectivity index is 1.73. The van der Waals surface area contributed by atoms with E-state index in [1.165, 1.54) is 11.3 Å². The van der Waals surface area contributed by atoms with Crippen molar-refractivity contribution in [3.05, 3.63) is 67.0 Å². The number of aromatic nitrogens is 2. The van der Waals surface area contributed by atoms with Crippen LogP contribution in [0.5, 0.6) is 0 Å². The molecule has 3 rings (SSSR count). The standard InChI is InChI=1S/C22H26N2O2/c1-2-25-18-26-16-10-9-15-24-17-23-21(19-11-5-3-6-12-19)22(24)20-13-7-4-8-14-20/h3-8,11-14,17H,2,9-10,15-16,18H2,1H3. The summed E-state index contributed by atoms with van der Waals surface area (Å²) in [6.45, 7) is 4.69. The van der Waals surface area contributed by atoms with Crippen LogP contribution in [0.25, 0.3) is 22.5 Å². The Labute approximate surface area is 155 Å². The number of hydrogen-bond acceptors (Lipinski definition) is 3. The van der Waals surface area contributed by atoms with Crippen LogP contribution >= 0.6 is 0 Å². The lowest BCUT2D eigenvalue weighted by atomic mass is 10.0. The topological polar surface area (TPSA) is 36.3 Å². The van der Waals surface area contributed by atoms with Crippen LogP contribution in [0.1, 0.15) is 19.8 Å². The summed E-state index contributed by atoms with van der Waals surface area (Å²) in [5.74, 6) is 0. The van der Waals surface area contributed by atoms with Crippen molar-refractivity contribution in [1.29, 1.82) is 0 Å². The summed E-state index contributed by atoms with van der Waals surface area (Å²) in [5, 5.41) is 0. The van der Waals surface area contributed by atoms with Gasteiger partial charge in [0.15, 0.2) is 0 Å². The number of benzene rings is 2. The molecule has 4 heteroatoms. The fraction of sp³-hybridized carbons (Fsp3) is 0.318. The second-order valence-corrected chi connectivity index (χ2v) is 6.09. The second kappa shape index (κ2) is 9.90. The number of ether oxygens (including phenoxy) is 2. The van der Waals surface area contributed by atoms with E-state index in [0.29, 0.717) is 13.4 Å². The molecule has 0 amide bonds. The quantitative estimate of drug-likeness (QED) is 0.381. The molecule has 0 bridgehead atoms. The Hall–Kier alpha value is -2.43. The van der Waals surface area contributed by atoms with Crippen molar-refractivity contribution in [3.8, 4) is 22.5 Å². The van der Waals surface area contributed by atoms with Gasteiger partial charge >= 0.3 is 0 Å². The molecular formula is C22H26N2O2. The minimum absolute atomic E-state index is 0.384. The molecule has 0 fully saturated rings. The molecule has 0 aliphatic carbocycles.